The molecule has 2 atom stereocenters. The number of nitrogens with one attached hydrogen (secondary N) is 1. The average molecular weight is 407 g/mol. The summed E-state index contributed by atoms with van der Waals surface area (Å²) in [5.74, 6) is -0.378. The molecule has 0 spiro atoms. The molecule has 8 heteroatoms. The first-order chi connectivity index (χ1) is 11.8. The van der Waals surface area contributed by atoms with E-state index >= 15 is 0 Å². The second-order valence-electron chi connectivity index (χ2n) is 6.39. The zero-order chi connectivity index (χ0) is 18.6. The van der Waals surface area contributed by atoms with Gasteiger partial charge < -0.3 is 5.32 Å². The Balaban J connectivity index is 2.04. The Hall–Kier alpha value is -0.820. The van der Waals surface area contributed by atoms with E-state index in [1.54, 1.807) is 12.1 Å². The second-order valence-corrected chi connectivity index (χ2v) is 9.26. The van der Waals surface area contributed by atoms with Crippen LogP contribution in [-0.4, -0.2) is 37.5 Å². The van der Waals surface area contributed by atoms with E-state index < -0.39 is 10.0 Å². The first-order valence-electron chi connectivity index (χ1n) is 8.48. The number of carbonyl (C=O) groups is 1. The molecule has 140 valence electrons. The monoisotopic (exact) mass is 406 g/mol. The summed E-state index contributed by atoms with van der Waals surface area (Å²) in [6, 6.07) is 4.99. The summed E-state index contributed by atoms with van der Waals surface area (Å²) in [5.41, 5.74) is 0.744. The predicted octanol–water partition coefficient (Wildman–Crippen LogP) is 3.62. The molecule has 25 heavy (non-hydrogen) atoms. The Morgan fingerprint density at radius 3 is 2.80 bits per heavy atom. The lowest BCUT2D eigenvalue weighted by atomic mass is 9.98. The van der Waals surface area contributed by atoms with Crippen LogP contribution in [0.15, 0.2) is 18.2 Å². The maximum Gasteiger partial charge on any atom is 0.224 e. The van der Waals surface area contributed by atoms with Crippen molar-refractivity contribution in [3.63, 3.8) is 0 Å². The minimum Gasteiger partial charge on any atom is -0.349 e. The molecular weight excluding hydrogens is 383 g/mol. The van der Waals surface area contributed by atoms with Crippen molar-refractivity contribution in [2.45, 2.75) is 39.2 Å². The van der Waals surface area contributed by atoms with Gasteiger partial charge >= 0.3 is 0 Å². The van der Waals surface area contributed by atoms with E-state index in [-0.39, 0.29) is 30.2 Å². The highest BCUT2D eigenvalue weighted by Crippen LogP contribution is 2.30. The smallest absolute Gasteiger partial charge is 0.224 e. The van der Waals surface area contributed by atoms with E-state index in [1.165, 1.54) is 4.31 Å². The fourth-order valence-electron chi connectivity index (χ4n) is 3.06. The molecule has 0 bridgehead atoms. The molecule has 2 unspecified atom stereocenters. The van der Waals surface area contributed by atoms with Crippen molar-refractivity contribution in [2.75, 3.05) is 18.8 Å². The maximum atomic E-state index is 12.6. The fourth-order valence-corrected chi connectivity index (χ4v) is 5.12. The SMILES string of the molecule is CCCS(=O)(=O)N1CCCC(C(=O)NC(C)c2cccc(Cl)c2Cl)C1. The Morgan fingerprint density at radius 1 is 1.40 bits per heavy atom. The minimum atomic E-state index is -3.28. The molecule has 5 nitrogen and oxygen atoms in total. The van der Waals surface area contributed by atoms with E-state index in [9.17, 15) is 13.2 Å². The van der Waals surface area contributed by atoms with Crippen molar-refractivity contribution in [2.24, 2.45) is 5.92 Å². The summed E-state index contributed by atoms with van der Waals surface area (Å²) in [6.07, 6.45) is 1.94. The van der Waals surface area contributed by atoms with Crippen molar-refractivity contribution in [1.29, 1.82) is 0 Å². The Bertz CT molecular complexity index is 725. The highest BCUT2D eigenvalue weighted by Gasteiger charge is 2.32. The lowest BCUT2D eigenvalue weighted by Crippen LogP contribution is -2.46. The number of amides is 1. The predicted molar refractivity (Wildman–Crippen MR) is 101 cm³/mol. The molecule has 0 saturated carbocycles. The number of nitrogens with zero attached hydrogens (tertiary/aromatic N) is 1. The van der Waals surface area contributed by atoms with Crippen molar-refractivity contribution >= 4 is 39.1 Å². The third-order valence-corrected chi connectivity index (χ3v) is 7.29. The zero-order valence-electron chi connectivity index (χ0n) is 14.5. The topological polar surface area (TPSA) is 66.5 Å². The third-order valence-electron chi connectivity index (χ3n) is 4.42. The number of piperidine rings is 1. The third kappa shape index (κ3) is 5.09. The lowest BCUT2D eigenvalue weighted by Gasteiger charge is -2.32. The molecule has 1 fully saturated rings. The van der Waals surface area contributed by atoms with Gasteiger partial charge in [-0.05, 0) is 37.8 Å². The number of benzene rings is 1. The van der Waals surface area contributed by atoms with E-state index in [2.05, 4.69) is 5.32 Å². The van der Waals surface area contributed by atoms with E-state index in [0.29, 0.717) is 35.9 Å². The van der Waals surface area contributed by atoms with Crippen LogP contribution in [-0.2, 0) is 14.8 Å². The van der Waals surface area contributed by atoms with Crippen LogP contribution in [0.2, 0.25) is 10.0 Å². The van der Waals surface area contributed by atoms with Gasteiger partial charge in [0.15, 0.2) is 0 Å². The average Bonchev–Trinajstić information content (AvgIpc) is 2.57. The maximum absolute atomic E-state index is 12.6. The molecule has 1 heterocycles. The van der Waals surface area contributed by atoms with E-state index in [4.69, 9.17) is 23.2 Å². The number of sulfonamides is 1. The summed E-state index contributed by atoms with van der Waals surface area (Å²) < 4.78 is 25.9. The molecule has 1 aromatic rings. The highest BCUT2D eigenvalue weighted by molar-refractivity contribution is 7.89. The van der Waals surface area contributed by atoms with Gasteiger partial charge in [0.05, 0.1) is 27.8 Å². The quantitative estimate of drug-likeness (QED) is 0.783. The van der Waals surface area contributed by atoms with Crippen LogP contribution in [0.5, 0.6) is 0 Å². The molecule has 1 saturated heterocycles. The molecule has 1 aromatic carbocycles. The summed E-state index contributed by atoms with van der Waals surface area (Å²) >= 11 is 12.2. The minimum absolute atomic E-state index is 0.121. The summed E-state index contributed by atoms with van der Waals surface area (Å²) in [6.45, 7) is 4.40. The Morgan fingerprint density at radius 2 is 2.12 bits per heavy atom. The summed E-state index contributed by atoms with van der Waals surface area (Å²) in [4.78, 5) is 12.6. The molecular formula is C17H24Cl2N2O3S. The van der Waals surface area contributed by atoms with E-state index in [1.807, 2.05) is 19.9 Å². The van der Waals surface area contributed by atoms with Gasteiger partial charge in [0, 0.05) is 13.1 Å². The van der Waals surface area contributed by atoms with Gasteiger partial charge in [0.1, 0.15) is 0 Å². The van der Waals surface area contributed by atoms with Crippen molar-refractivity contribution in [1.82, 2.24) is 9.62 Å². The second kappa shape index (κ2) is 8.71. The number of rotatable bonds is 6. The molecule has 1 aliphatic rings. The molecule has 2 rings (SSSR count). The van der Waals surface area contributed by atoms with Gasteiger partial charge in [-0.2, -0.15) is 0 Å². The van der Waals surface area contributed by atoms with E-state index in [0.717, 1.165) is 5.56 Å². The first kappa shape index (κ1) is 20.5. The molecule has 1 N–H and O–H groups in total. The van der Waals surface area contributed by atoms with Crippen LogP contribution in [0.3, 0.4) is 0 Å². The molecule has 0 radical (unpaired) electrons. The normalized spacial score (nSPS) is 20.2. The van der Waals surface area contributed by atoms with Crippen LogP contribution in [0.1, 0.15) is 44.7 Å². The van der Waals surface area contributed by atoms with Gasteiger partial charge in [-0.1, -0.05) is 42.3 Å². The molecule has 0 aliphatic carbocycles. The number of hydrogen-bond donors (Lipinski definition) is 1. The van der Waals surface area contributed by atoms with Crippen LogP contribution in [0, 0.1) is 5.92 Å². The van der Waals surface area contributed by atoms with Crippen molar-refractivity contribution in [3.8, 4) is 0 Å². The zero-order valence-corrected chi connectivity index (χ0v) is 16.8. The Labute approximate surface area is 159 Å². The van der Waals surface area contributed by atoms with Gasteiger partial charge in [0.2, 0.25) is 15.9 Å². The Kier molecular flexibility index (Phi) is 7.14. The standard InChI is InChI=1S/C17H24Cl2N2O3S/c1-3-10-25(23,24)21-9-5-6-13(11-21)17(22)20-12(2)14-7-4-8-15(18)16(14)19/h4,7-8,12-13H,3,5-6,9-11H2,1-2H3,(H,20,22). The van der Waals surface area contributed by atoms with Crippen LogP contribution in [0.25, 0.3) is 0 Å². The van der Waals surface area contributed by atoms with Crippen LogP contribution >= 0.6 is 23.2 Å². The fraction of sp³-hybridized carbons (Fsp3) is 0.588. The van der Waals surface area contributed by atoms with Crippen LogP contribution < -0.4 is 5.32 Å². The number of halogens is 2. The van der Waals surface area contributed by atoms with Crippen molar-refractivity contribution < 1.29 is 13.2 Å². The number of carbonyl (C=O) groups excluding carboxylic acids is 1. The lowest BCUT2D eigenvalue weighted by molar-refractivity contribution is -0.126. The van der Waals surface area contributed by atoms with Gasteiger partial charge in [-0.25, -0.2) is 12.7 Å². The summed E-state index contributed by atoms with van der Waals surface area (Å²) in [5, 5.41) is 3.80. The summed E-state index contributed by atoms with van der Waals surface area (Å²) in [7, 11) is -3.28. The van der Waals surface area contributed by atoms with Gasteiger partial charge in [-0.15, -0.1) is 0 Å². The molecule has 0 aromatic heterocycles. The highest BCUT2D eigenvalue weighted by atomic mass is 35.5. The first-order valence-corrected chi connectivity index (χ1v) is 10.8. The largest absolute Gasteiger partial charge is 0.349 e. The number of hydrogen-bond acceptors (Lipinski definition) is 3. The molecule has 1 amide bonds. The van der Waals surface area contributed by atoms with Crippen molar-refractivity contribution in [3.05, 3.63) is 33.8 Å². The van der Waals surface area contributed by atoms with Crippen LogP contribution in [0.4, 0.5) is 0 Å². The van der Waals surface area contributed by atoms with Gasteiger partial charge in [-0.3, -0.25) is 4.79 Å². The van der Waals surface area contributed by atoms with Gasteiger partial charge in [0.25, 0.3) is 0 Å². The molecule has 1 aliphatic heterocycles.